The molecule has 1 N–H and O–H groups in total. The summed E-state index contributed by atoms with van der Waals surface area (Å²) in [4.78, 5) is 37.5. The van der Waals surface area contributed by atoms with E-state index in [1.807, 2.05) is 6.07 Å². The van der Waals surface area contributed by atoms with Crippen LogP contribution in [0.2, 0.25) is 0 Å². The van der Waals surface area contributed by atoms with Crippen LogP contribution in [-0.4, -0.2) is 64.2 Å². The predicted octanol–water partition coefficient (Wildman–Crippen LogP) is 2.62. The molecule has 3 heterocycles. The number of rotatable bonds is 4. The fourth-order valence-corrected chi connectivity index (χ4v) is 3.56. The highest BCUT2D eigenvalue weighted by Crippen LogP contribution is 2.28. The molecule has 0 unspecified atom stereocenters. The molecule has 0 aliphatic carbocycles. The molecule has 2 aromatic heterocycles. The van der Waals surface area contributed by atoms with E-state index in [0.717, 1.165) is 18.1 Å². The quantitative estimate of drug-likeness (QED) is 0.622. The summed E-state index contributed by atoms with van der Waals surface area (Å²) in [6.45, 7) is 3.25. The number of aromatic amines is 1. The minimum atomic E-state index is -4.49. The van der Waals surface area contributed by atoms with Crippen LogP contribution in [0.1, 0.15) is 21.5 Å². The lowest BCUT2D eigenvalue weighted by Crippen LogP contribution is -2.49. The summed E-state index contributed by atoms with van der Waals surface area (Å²) < 4.78 is 38.1. The van der Waals surface area contributed by atoms with E-state index >= 15 is 0 Å². The first-order valence-corrected chi connectivity index (χ1v) is 10.5. The van der Waals surface area contributed by atoms with Gasteiger partial charge in [0.1, 0.15) is 0 Å². The summed E-state index contributed by atoms with van der Waals surface area (Å²) >= 11 is 0. The molecule has 1 fully saturated rings. The van der Waals surface area contributed by atoms with Crippen LogP contribution in [0.5, 0.6) is 0 Å². The minimum Gasteiger partial charge on any atom is -0.337 e. The van der Waals surface area contributed by atoms with Crippen molar-refractivity contribution in [1.82, 2.24) is 25.1 Å². The van der Waals surface area contributed by atoms with E-state index in [9.17, 15) is 22.8 Å². The number of carbonyl (C=O) groups is 1. The lowest BCUT2D eigenvalue weighted by Gasteiger charge is -2.35. The van der Waals surface area contributed by atoms with Crippen LogP contribution in [-0.2, 0) is 6.18 Å². The summed E-state index contributed by atoms with van der Waals surface area (Å²) in [5.74, 6) is 0.577. The standard InChI is InChI=1S/C22H22F3N7O2/c1-14-10-18(28-29-19(14)33)30(2)17-5-3-4-15(11-17)20(34)31-6-8-32(9-7-31)21-26-12-16(13-27-21)22(23,24)25/h3-5,10-13H,6-9H2,1-2H3,(H,29,33). The topological polar surface area (TPSA) is 98.3 Å². The second-order valence-electron chi connectivity index (χ2n) is 7.90. The van der Waals surface area contributed by atoms with Gasteiger partial charge in [0.25, 0.3) is 11.5 Å². The number of anilines is 3. The van der Waals surface area contributed by atoms with Gasteiger partial charge in [0, 0.05) is 62.4 Å². The van der Waals surface area contributed by atoms with E-state index in [0.29, 0.717) is 43.1 Å². The van der Waals surface area contributed by atoms with Crippen LogP contribution in [0, 0.1) is 6.92 Å². The molecule has 1 aromatic carbocycles. The molecule has 0 radical (unpaired) electrons. The van der Waals surface area contributed by atoms with E-state index < -0.39 is 11.7 Å². The molecule has 1 amide bonds. The summed E-state index contributed by atoms with van der Waals surface area (Å²) in [6.07, 6.45) is -2.96. The monoisotopic (exact) mass is 473 g/mol. The molecular formula is C22H22F3N7O2. The molecular weight excluding hydrogens is 451 g/mol. The van der Waals surface area contributed by atoms with Crippen molar-refractivity contribution in [3.05, 3.63) is 69.8 Å². The van der Waals surface area contributed by atoms with E-state index in [4.69, 9.17) is 0 Å². The molecule has 1 aliphatic rings. The number of nitrogens with one attached hydrogen (secondary N) is 1. The maximum atomic E-state index is 13.1. The Morgan fingerprint density at radius 3 is 2.38 bits per heavy atom. The van der Waals surface area contributed by atoms with Gasteiger partial charge in [0.2, 0.25) is 5.95 Å². The lowest BCUT2D eigenvalue weighted by atomic mass is 10.1. The zero-order valence-electron chi connectivity index (χ0n) is 18.5. The van der Waals surface area contributed by atoms with Crippen LogP contribution in [0.25, 0.3) is 0 Å². The third kappa shape index (κ3) is 4.85. The molecule has 0 bridgehead atoms. The maximum absolute atomic E-state index is 13.1. The first kappa shape index (κ1) is 23.2. The Kier molecular flexibility index (Phi) is 6.22. The van der Waals surface area contributed by atoms with Gasteiger partial charge in [0.05, 0.1) is 5.56 Å². The molecule has 1 saturated heterocycles. The highest BCUT2D eigenvalue weighted by atomic mass is 19.4. The summed E-state index contributed by atoms with van der Waals surface area (Å²) in [5, 5.41) is 6.49. The fourth-order valence-electron chi connectivity index (χ4n) is 3.56. The number of piperazine rings is 1. The number of amides is 1. The number of alkyl halides is 3. The zero-order chi connectivity index (χ0) is 24.5. The van der Waals surface area contributed by atoms with Crippen LogP contribution in [0.4, 0.5) is 30.6 Å². The number of hydrogen-bond donors (Lipinski definition) is 1. The summed E-state index contributed by atoms with van der Waals surface area (Å²) in [7, 11) is 1.78. The molecule has 178 valence electrons. The van der Waals surface area contributed by atoms with Crippen molar-refractivity contribution in [2.75, 3.05) is 43.0 Å². The molecule has 0 atom stereocenters. The summed E-state index contributed by atoms with van der Waals surface area (Å²) in [6, 6.07) is 8.73. The first-order valence-electron chi connectivity index (χ1n) is 10.5. The molecule has 34 heavy (non-hydrogen) atoms. The Morgan fingerprint density at radius 1 is 1.09 bits per heavy atom. The molecule has 4 rings (SSSR count). The normalized spacial score (nSPS) is 14.3. The van der Waals surface area contributed by atoms with Gasteiger partial charge >= 0.3 is 6.18 Å². The average molecular weight is 473 g/mol. The van der Waals surface area contributed by atoms with Crippen molar-refractivity contribution in [3.8, 4) is 0 Å². The van der Waals surface area contributed by atoms with Crippen molar-refractivity contribution in [2.45, 2.75) is 13.1 Å². The molecule has 1 aliphatic heterocycles. The van der Waals surface area contributed by atoms with Crippen LogP contribution in [0.3, 0.4) is 0 Å². The highest BCUT2D eigenvalue weighted by Gasteiger charge is 2.32. The Hall–Kier alpha value is -3.96. The molecule has 0 saturated carbocycles. The second kappa shape index (κ2) is 9.12. The Bertz CT molecular complexity index is 1240. The second-order valence-corrected chi connectivity index (χ2v) is 7.90. The SMILES string of the molecule is Cc1cc(N(C)c2cccc(C(=O)N3CCN(c4ncc(C(F)(F)F)cn4)CC3)c2)n[nH]c1=O. The lowest BCUT2D eigenvalue weighted by molar-refractivity contribution is -0.138. The average Bonchev–Trinajstić information content (AvgIpc) is 2.84. The third-order valence-electron chi connectivity index (χ3n) is 5.62. The van der Waals surface area contributed by atoms with Gasteiger partial charge in [-0.3, -0.25) is 9.59 Å². The smallest absolute Gasteiger partial charge is 0.337 e. The van der Waals surface area contributed by atoms with Crippen molar-refractivity contribution in [3.63, 3.8) is 0 Å². The minimum absolute atomic E-state index is 0.158. The van der Waals surface area contributed by atoms with E-state index in [1.54, 1.807) is 52.9 Å². The number of H-pyrrole nitrogens is 1. The van der Waals surface area contributed by atoms with Crippen molar-refractivity contribution in [2.24, 2.45) is 0 Å². The van der Waals surface area contributed by atoms with Gasteiger partial charge < -0.3 is 14.7 Å². The largest absolute Gasteiger partial charge is 0.419 e. The maximum Gasteiger partial charge on any atom is 0.419 e. The molecule has 3 aromatic rings. The van der Waals surface area contributed by atoms with Gasteiger partial charge in [-0.25, -0.2) is 15.1 Å². The van der Waals surface area contributed by atoms with Crippen LogP contribution in [0.15, 0.2) is 47.5 Å². The van der Waals surface area contributed by atoms with Crippen molar-refractivity contribution >= 4 is 23.4 Å². The van der Waals surface area contributed by atoms with E-state index in [-0.39, 0.29) is 17.4 Å². The zero-order valence-corrected chi connectivity index (χ0v) is 18.5. The first-order chi connectivity index (χ1) is 16.1. The van der Waals surface area contributed by atoms with Gasteiger partial charge in [-0.05, 0) is 31.2 Å². The number of aromatic nitrogens is 4. The molecule has 12 heteroatoms. The Labute approximate surface area is 192 Å². The van der Waals surface area contributed by atoms with Gasteiger partial charge in [-0.1, -0.05) is 6.07 Å². The predicted molar refractivity (Wildman–Crippen MR) is 119 cm³/mol. The number of nitrogens with zero attached hydrogens (tertiary/aromatic N) is 6. The van der Waals surface area contributed by atoms with Gasteiger partial charge in [0.15, 0.2) is 5.82 Å². The number of halogens is 3. The van der Waals surface area contributed by atoms with Gasteiger partial charge in [-0.2, -0.15) is 18.3 Å². The van der Waals surface area contributed by atoms with E-state index in [2.05, 4.69) is 20.2 Å². The summed E-state index contributed by atoms with van der Waals surface area (Å²) in [5.41, 5.74) is 0.578. The number of aryl methyl sites for hydroxylation is 1. The van der Waals surface area contributed by atoms with Crippen molar-refractivity contribution < 1.29 is 18.0 Å². The number of benzene rings is 1. The Morgan fingerprint density at radius 2 is 1.76 bits per heavy atom. The Balaban J connectivity index is 1.42. The van der Waals surface area contributed by atoms with Gasteiger partial charge in [-0.15, -0.1) is 0 Å². The highest BCUT2D eigenvalue weighted by molar-refractivity contribution is 5.95. The number of hydrogen-bond acceptors (Lipinski definition) is 7. The fraction of sp³-hybridized carbons (Fsp3) is 0.318. The molecule has 9 nitrogen and oxygen atoms in total. The molecule has 0 spiro atoms. The van der Waals surface area contributed by atoms with Crippen LogP contribution < -0.4 is 15.4 Å². The number of carbonyl (C=O) groups excluding carboxylic acids is 1. The van der Waals surface area contributed by atoms with Crippen molar-refractivity contribution in [1.29, 1.82) is 0 Å². The van der Waals surface area contributed by atoms with Crippen LogP contribution >= 0.6 is 0 Å². The third-order valence-corrected chi connectivity index (χ3v) is 5.62. The van der Waals surface area contributed by atoms with E-state index in [1.165, 1.54) is 0 Å².